The first-order valence-electron chi connectivity index (χ1n) is 5.26. The summed E-state index contributed by atoms with van der Waals surface area (Å²) in [5.41, 5.74) is 1.76. The number of aromatic nitrogens is 2. The summed E-state index contributed by atoms with van der Waals surface area (Å²) >= 11 is 1.96. The van der Waals surface area contributed by atoms with E-state index in [9.17, 15) is 4.79 Å². The highest BCUT2D eigenvalue weighted by molar-refractivity contribution is 14.1. The summed E-state index contributed by atoms with van der Waals surface area (Å²) in [6.07, 6.45) is 1.38. The Morgan fingerprint density at radius 2 is 2.22 bits per heavy atom. The van der Waals surface area contributed by atoms with Crippen molar-refractivity contribution in [3.63, 3.8) is 0 Å². The lowest BCUT2D eigenvalue weighted by Gasteiger charge is -2.10. The zero-order valence-corrected chi connectivity index (χ0v) is 12.1. The molecule has 5 nitrogen and oxygen atoms in total. The molecule has 0 aliphatic carbocycles. The van der Waals surface area contributed by atoms with Crippen LogP contribution in [0.4, 0.5) is 11.5 Å². The number of rotatable bonds is 3. The van der Waals surface area contributed by atoms with Gasteiger partial charge < -0.3 is 15.0 Å². The van der Waals surface area contributed by atoms with E-state index >= 15 is 0 Å². The molecule has 1 heterocycles. The largest absolute Gasteiger partial charge is 0.497 e. The lowest BCUT2D eigenvalue weighted by molar-refractivity contribution is 0.414. The number of H-pyrrole nitrogens is 1. The van der Waals surface area contributed by atoms with Crippen LogP contribution in [0.5, 0.6) is 5.75 Å². The normalized spacial score (nSPS) is 10.2. The fourth-order valence-electron chi connectivity index (χ4n) is 1.50. The third-order valence-electron chi connectivity index (χ3n) is 2.48. The molecular formula is C12H12IN3O2. The number of aryl methyl sites for hydroxylation is 1. The van der Waals surface area contributed by atoms with E-state index in [1.165, 1.54) is 6.33 Å². The van der Waals surface area contributed by atoms with Crippen molar-refractivity contribution in [1.82, 2.24) is 9.97 Å². The molecule has 2 rings (SSSR count). The molecule has 18 heavy (non-hydrogen) atoms. The Kier molecular flexibility index (Phi) is 3.85. The molecule has 0 aliphatic heterocycles. The van der Waals surface area contributed by atoms with Gasteiger partial charge in [0.25, 0.3) is 5.56 Å². The summed E-state index contributed by atoms with van der Waals surface area (Å²) in [5.74, 6) is 1.35. The molecule has 0 fully saturated rings. The van der Waals surface area contributed by atoms with Crippen LogP contribution in [0.1, 0.15) is 5.56 Å². The van der Waals surface area contributed by atoms with Gasteiger partial charge in [0.05, 0.1) is 13.4 Å². The molecule has 2 N–H and O–H groups in total. The van der Waals surface area contributed by atoms with Gasteiger partial charge in [-0.2, -0.15) is 0 Å². The monoisotopic (exact) mass is 357 g/mol. The molecular weight excluding hydrogens is 345 g/mol. The number of methoxy groups -OCH3 is 1. The van der Waals surface area contributed by atoms with E-state index in [0.717, 1.165) is 17.0 Å². The zero-order valence-electron chi connectivity index (χ0n) is 9.95. The van der Waals surface area contributed by atoms with Gasteiger partial charge in [-0.15, -0.1) is 0 Å². The van der Waals surface area contributed by atoms with Crippen molar-refractivity contribution in [3.05, 3.63) is 44.0 Å². The first-order chi connectivity index (χ1) is 8.61. The van der Waals surface area contributed by atoms with Crippen LogP contribution in [0.15, 0.2) is 29.3 Å². The molecule has 0 amide bonds. The highest BCUT2D eigenvalue weighted by Crippen LogP contribution is 2.24. The number of nitrogens with one attached hydrogen (secondary N) is 2. The number of anilines is 2. The minimum Gasteiger partial charge on any atom is -0.497 e. The molecule has 6 heteroatoms. The fourth-order valence-corrected chi connectivity index (χ4v) is 1.93. The minimum atomic E-state index is -0.153. The number of hydrogen-bond donors (Lipinski definition) is 2. The van der Waals surface area contributed by atoms with E-state index in [-0.39, 0.29) is 5.56 Å². The summed E-state index contributed by atoms with van der Waals surface area (Å²) in [6.45, 7) is 1.96. The Morgan fingerprint density at radius 1 is 1.44 bits per heavy atom. The van der Waals surface area contributed by atoms with Gasteiger partial charge in [0.15, 0.2) is 5.82 Å². The molecule has 0 bridgehead atoms. The second kappa shape index (κ2) is 5.38. The molecule has 94 valence electrons. The number of ether oxygens (including phenoxy) is 1. The molecule has 0 aliphatic rings. The van der Waals surface area contributed by atoms with Crippen molar-refractivity contribution in [2.24, 2.45) is 0 Å². The van der Waals surface area contributed by atoms with Crippen LogP contribution in [-0.2, 0) is 0 Å². The maximum Gasteiger partial charge on any atom is 0.266 e. The summed E-state index contributed by atoms with van der Waals surface area (Å²) in [4.78, 5) is 18.1. The lowest BCUT2D eigenvalue weighted by Crippen LogP contribution is -2.13. The molecule has 0 spiro atoms. The Balaban J connectivity index is 2.34. The highest BCUT2D eigenvalue weighted by Gasteiger charge is 2.07. The average Bonchev–Trinajstić information content (AvgIpc) is 2.37. The predicted octanol–water partition coefficient (Wildman–Crippen LogP) is 2.44. The molecule has 0 radical (unpaired) electrons. The summed E-state index contributed by atoms with van der Waals surface area (Å²) in [7, 11) is 1.63. The van der Waals surface area contributed by atoms with Gasteiger partial charge in [0.1, 0.15) is 9.32 Å². The average molecular weight is 357 g/mol. The van der Waals surface area contributed by atoms with E-state index in [0.29, 0.717) is 9.39 Å². The van der Waals surface area contributed by atoms with Gasteiger partial charge >= 0.3 is 0 Å². The minimum absolute atomic E-state index is 0.153. The molecule has 0 unspecified atom stereocenters. The second-order valence-electron chi connectivity index (χ2n) is 3.70. The van der Waals surface area contributed by atoms with E-state index in [4.69, 9.17) is 4.74 Å². The zero-order chi connectivity index (χ0) is 13.1. The van der Waals surface area contributed by atoms with Gasteiger partial charge in [-0.25, -0.2) is 4.98 Å². The second-order valence-corrected chi connectivity index (χ2v) is 4.78. The smallest absolute Gasteiger partial charge is 0.266 e. The van der Waals surface area contributed by atoms with E-state index in [2.05, 4.69) is 15.3 Å². The number of nitrogens with zero attached hydrogens (tertiary/aromatic N) is 1. The Morgan fingerprint density at radius 3 is 2.89 bits per heavy atom. The Hall–Kier alpha value is -1.57. The van der Waals surface area contributed by atoms with Crippen LogP contribution in [0, 0.1) is 10.5 Å². The molecule has 0 atom stereocenters. The first-order valence-corrected chi connectivity index (χ1v) is 6.34. The van der Waals surface area contributed by atoms with Crippen LogP contribution in [0.3, 0.4) is 0 Å². The third-order valence-corrected chi connectivity index (χ3v) is 3.48. The topological polar surface area (TPSA) is 67.0 Å². The maximum absolute atomic E-state index is 11.5. The van der Waals surface area contributed by atoms with Crippen molar-refractivity contribution in [2.75, 3.05) is 12.4 Å². The Labute approximate surface area is 118 Å². The number of hydrogen-bond acceptors (Lipinski definition) is 4. The van der Waals surface area contributed by atoms with Gasteiger partial charge in [-0.3, -0.25) is 4.79 Å². The van der Waals surface area contributed by atoms with Crippen LogP contribution in [-0.4, -0.2) is 17.1 Å². The first kappa shape index (κ1) is 12.9. The SMILES string of the molecule is COc1ccc(Nc2nc[nH]c(=O)c2I)c(C)c1. The molecule has 1 aromatic heterocycles. The summed E-state index contributed by atoms with van der Waals surface area (Å²) in [6, 6.07) is 5.67. The van der Waals surface area contributed by atoms with Crippen molar-refractivity contribution >= 4 is 34.1 Å². The molecule has 0 saturated carbocycles. The number of aromatic amines is 1. The van der Waals surface area contributed by atoms with E-state index < -0.39 is 0 Å². The van der Waals surface area contributed by atoms with E-state index in [1.807, 2.05) is 47.7 Å². The van der Waals surface area contributed by atoms with Crippen LogP contribution < -0.4 is 15.6 Å². The maximum atomic E-state index is 11.5. The standard InChI is InChI=1S/C12H12IN3O2/c1-7-5-8(18-2)3-4-9(7)16-11-10(13)12(17)15-6-14-11/h3-6H,1-2H3,(H2,14,15,16,17). The van der Waals surface area contributed by atoms with Gasteiger partial charge in [0.2, 0.25) is 0 Å². The van der Waals surface area contributed by atoms with Gasteiger partial charge in [-0.05, 0) is 53.3 Å². The van der Waals surface area contributed by atoms with Crippen LogP contribution in [0.25, 0.3) is 0 Å². The predicted molar refractivity (Wildman–Crippen MR) is 78.6 cm³/mol. The van der Waals surface area contributed by atoms with Crippen molar-refractivity contribution in [3.8, 4) is 5.75 Å². The van der Waals surface area contributed by atoms with Crippen LogP contribution in [0.2, 0.25) is 0 Å². The number of halogens is 1. The molecule has 0 saturated heterocycles. The molecule has 1 aromatic carbocycles. The van der Waals surface area contributed by atoms with Crippen molar-refractivity contribution in [2.45, 2.75) is 6.92 Å². The third kappa shape index (κ3) is 2.63. The van der Waals surface area contributed by atoms with Crippen LogP contribution >= 0.6 is 22.6 Å². The van der Waals surface area contributed by atoms with E-state index in [1.54, 1.807) is 7.11 Å². The summed E-state index contributed by atoms with van der Waals surface area (Å²) < 4.78 is 5.68. The highest BCUT2D eigenvalue weighted by atomic mass is 127. The summed E-state index contributed by atoms with van der Waals surface area (Å²) in [5, 5.41) is 3.14. The van der Waals surface area contributed by atoms with Gasteiger partial charge in [0, 0.05) is 5.69 Å². The Bertz CT molecular complexity index is 625. The molecule has 2 aromatic rings. The van der Waals surface area contributed by atoms with Crippen molar-refractivity contribution < 1.29 is 4.74 Å². The fraction of sp³-hybridized carbons (Fsp3) is 0.167. The van der Waals surface area contributed by atoms with Crippen molar-refractivity contribution in [1.29, 1.82) is 0 Å². The quantitative estimate of drug-likeness (QED) is 0.829. The number of benzene rings is 1. The van der Waals surface area contributed by atoms with Gasteiger partial charge in [-0.1, -0.05) is 0 Å². The lowest BCUT2D eigenvalue weighted by atomic mass is 10.2.